The van der Waals surface area contributed by atoms with Gasteiger partial charge in [-0.05, 0) is 87.8 Å². The Morgan fingerprint density at radius 3 is 0.936 bits per heavy atom. The zero-order valence-corrected chi connectivity index (χ0v) is 93.8. The second-order valence-corrected chi connectivity index (χ2v) is 40.4. The second-order valence-electron chi connectivity index (χ2n) is 38.1. The fourth-order valence-corrected chi connectivity index (χ4v) is 17.8. The van der Waals surface area contributed by atoms with E-state index >= 15 is 0 Å². The molecule has 3 aromatic carbocycles. The molecule has 1 unspecified atom stereocenters. The number of benzene rings is 3. The van der Waals surface area contributed by atoms with Crippen molar-refractivity contribution >= 4 is 105 Å². The SMILES string of the molecule is CCCCCCCCCCCCCCCCC.CCCCCCCCN(CCCCCCCC)C(=N)N.CCCCCCCCN(CCCCCCCC)c1ncc(Cl)cn1.CCCCCCCCN(CCCCCCCC)c1ncc(Nc2ccccc2)cn1.CCCCCCCCN(CCCCCCCC)c1ncc2c(n1)Sc1ccccc1N2.N#CN.Nc1ccccc1.O=C1OC(O)C(Cl)=C1Cl. The van der Waals surface area contributed by atoms with Crippen LogP contribution in [-0.2, 0) is 9.53 Å². The third-order valence-electron chi connectivity index (χ3n) is 25.2. The molecule has 24 heteroatoms. The van der Waals surface area contributed by atoms with Crippen molar-refractivity contribution in [1.82, 2.24) is 34.8 Å². The van der Waals surface area contributed by atoms with E-state index in [2.05, 4.69) is 166 Å². The number of aromatic nitrogens is 6. The van der Waals surface area contributed by atoms with E-state index in [9.17, 15) is 4.79 Å². The minimum absolute atomic E-state index is 0.151. The van der Waals surface area contributed by atoms with Crippen molar-refractivity contribution in [1.29, 1.82) is 10.7 Å². The average molecular weight is 2030 g/mol. The Kier molecular flexibility index (Phi) is 90.9. The number of anilines is 8. The lowest BCUT2D eigenvalue weighted by Crippen LogP contribution is -2.37. The molecule has 2 aliphatic rings. The van der Waals surface area contributed by atoms with Crippen molar-refractivity contribution in [3.63, 3.8) is 0 Å². The molecule has 141 heavy (non-hydrogen) atoms. The predicted octanol–water partition coefficient (Wildman–Crippen LogP) is 35.6. The molecule has 0 bridgehead atoms. The van der Waals surface area contributed by atoms with Crippen LogP contribution < -0.4 is 42.5 Å². The lowest BCUT2D eigenvalue weighted by molar-refractivity contribution is -0.151. The molecule has 3 aromatic heterocycles. The number of nitrogens with one attached hydrogen (secondary N) is 3. The molecule has 10 N–H and O–H groups in total. The van der Waals surface area contributed by atoms with Gasteiger partial charge in [0.25, 0.3) is 0 Å². The predicted molar refractivity (Wildman–Crippen MR) is 614 cm³/mol. The molecule has 800 valence electrons. The molecule has 5 heterocycles. The third-order valence-corrected chi connectivity index (χ3v) is 27.3. The summed E-state index contributed by atoms with van der Waals surface area (Å²) in [5, 5.41) is 31.5. The van der Waals surface area contributed by atoms with Gasteiger partial charge in [-0.3, -0.25) is 5.41 Å². The maximum absolute atomic E-state index is 10.3. The van der Waals surface area contributed by atoms with Gasteiger partial charge in [0.2, 0.25) is 24.1 Å². The summed E-state index contributed by atoms with van der Waals surface area (Å²) in [4.78, 5) is 48.7. The van der Waals surface area contributed by atoms with Gasteiger partial charge in [-0.2, -0.15) is 5.26 Å². The molecule has 0 aliphatic carbocycles. The number of carbonyl (C=O) groups excluding carboxylic acids is 1. The van der Waals surface area contributed by atoms with E-state index in [1.807, 2.05) is 67.1 Å². The number of ether oxygens (including phenoxy) is 1. The highest BCUT2D eigenvalue weighted by Crippen LogP contribution is 2.43. The van der Waals surface area contributed by atoms with Gasteiger partial charge in [0.1, 0.15) is 15.1 Å². The summed E-state index contributed by atoms with van der Waals surface area (Å²) in [6.45, 7) is 31.0. The molecule has 6 aromatic rings. The Bertz CT molecular complexity index is 3780. The van der Waals surface area contributed by atoms with Crippen LogP contribution in [-0.4, -0.2) is 110 Å². The number of rotatable bonds is 75. The minimum atomic E-state index is -1.37. The minimum Gasteiger partial charge on any atom is -0.426 e. The highest BCUT2D eigenvalue weighted by molar-refractivity contribution is 7.99. The van der Waals surface area contributed by atoms with Crippen LogP contribution in [0, 0.1) is 16.9 Å². The number of para-hydroxylation sites is 3. The maximum atomic E-state index is 10.3. The van der Waals surface area contributed by atoms with Crippen LogP contribution in [0.2, 0.25) is 5.02 Å². The largest absolute Gasteiger partial charge is 0.426 e. The Morgan fingerprint density at radius 2 is 0.660 bits per heavy atom. The summed E-state index contributed by atoms with van der Waals surface area (Å²) < 4.78 is 4.16. The molecule has 0 saturated carbocycles. The number of guanidine groups is 1. The monoisotopic (exact) mass is 2030 g/mol. The molecular formula is C117H202Cl3N17O3S. The van der Waals surface area contributed by atoms with E-state index in [1.165, 1.54) is 416 Å². The number of carbonyl (C=O) groups is 1. The van der Waals surface area contributed by atoms with Crippen LogP contribution in [0.5, 0.6) is 0 Å². The summed E-state index contributed by atoms with van der Waals surface area (Å²) in [6.07, 6.45) is 94.1. The van der Waals surface area contributed by atoms with Gasteiger partial charge in [-0.1, -0.05) is 517 Å². The highest BCUT2D eigenvalue weighted by Gasteiger charge is 2.30. The first-order valence-corrected chi connectivity index (χ1v) is 58.6. The number of aliphatic hydroxyl groups is 1. The summed E-state index contributed by atoms with van der Waals surface area (Å²) in [5.41, 5.74) is 20.2. The van der Waals surface area contributed by atoms with Gasteiger partial charge in [0.05, 0.1) is 53.1 Å². The van der Waals surface area contributed by atoms with Crippen molar-refractivity contribution in [2.24, 2.45) is 11.5 Å². The molecule has 2 aliphatic heterocycles. The molecule has 20 nitrogen and oxygen atoms in total. The molecule has 0 radical (unpaired) electrons. The lowest BCUT2D eigenvalue weighted by atomic mass is 10.0. The summed E-state index contributed by atoms with van der Waals surface area (Å²) in [7, 11) is 0. The first-order chi connectivity index (χ1) is 69.0. The molecular weight excluding hydrogens is 1830 g/mol. The highest BCUT2D eigenvalue weighted by atomic mass is 35.5. The Balaban J connectivity index is 0.000000850. The van der Waals surface area contributed by atoms with Gasteiger partial charge < -0.3 is 57.3 Å². The number of nitriles is 1. The van der Waals surface area contributed by atoms with Crippen molar-refractivity contribution in [2.45, 2.75) is 490 Å². The van der Waals surface area contributed by atoms with Crippen LogP contribution >= 0.6 is 46.6 Å². The van der Waals surface area contributed by atoms with Crippen LogP contribution in [0.3, 0.4) is 0 Å². The van der Waals surface area contributed by atoms with Crippen molar-refractivity contribution < 1.29 is 14.6 Å². The molecule has 8 rings (SSSR count). The second kappa shape index (κ2) is 97.4. The molecule has 0 fully saturated rings. The molecule has 0 spiro atoms. The van der Waals surface area contributed by atoms with Crippen LogP contribution in [0.4, 0.5) is 46.3 Å². The fourth-order valence-electron chi connectivity index (χ4n) is 16.5. The first-order valence-electron chi connectivity index (χ1n) is 56.7. The summed E-state index contributed by atoms with van der Waals surface area (Å²) >= 11 is 18.2. The number of nitrogens with zero attached hydrogens (tertiary/aromatic N) is 11. The Hall–Kier alpha value is -7.35. The Morgan fingerprint density at radius 1 is 0.390 bits per heavy atom. The van der Waals surface area contributed by atoms with Crippen molar-refractivity contribution in [3.05, 3.63) is 131 Å². The smallest absolute Gasteiger partial charge is 0.353 e. The van der Waals surface area contributed by atoms with Gasteiger partial charge in [-0.25, -0.2) is 34.7 Å². The summed E-state index contributed by atoms with van der Waals surface area (Å²) in [6, 6.07) is 28.1. The van der Waals surface area contributed by atoms with Gasteiger partial charge in [-0.15, -0.1) is 0 Å². The maximum Gasteiger partial charge on any atom is 0.353 e. The number of cyclic esters (lactones) is 1. The fraction of sp³-hybridized carbons (Fsp3) is 0.701. The standard InChI is InChI=1S/C26H40N4S.C26H42N4.C20H36ClN3.C17H37N3.C17H36.C6H7N.C4H2Cl2O3.CH2N2/c1-3-5-7-9-11-15-19-30(20-16-12-10-8-6-4-2)26-27-21-23-25(29-26)31-24-18-14-13-17-22(24)28-23;1-3-5-7-9-11-16-20-30(21-17-12-10-8-6-4-2)26-27-22-25(23-28-26)29-24-18-14-13-15-19-24;1-3-5-7-9-11-13-15-24(16-14-12-10-8-6-4-2)20-22-17-19(21)18-23-20;1-3-5-7-9-11-13-15-20(17(18)19)16-14-12-10-8-6-4-2;1-3-5-7-9-11-13-15-17-16-14-12-10-8-6-4-2;7-6-4-2-1-3-5-6;5-1-2(6)4(8)9-3(1)7;2-1-3/h13-14,17-18,21,28H,3-12,15-16,19-20H2,1-2H3;13-15,18-19,22-23,29H,3-12,16-17,20-21H2,1-2H3;17-18H,3-16H2,1-2H3;3-16H2,1-2H3,(H3,18,19);3-17H2,1-2H3;1-5H,7H2;3,7H;2H2. The number of nitrogen functional groups attached to an aromatic ring is 1. The van der Waals surface area contributed by atoms with Gasteiger partial charge >= 0.3 is 5.97 Å². The zero-order chi connectivity index (χ0) is 103. The number of aliphatic hydroxyl groups excluding tert-OH is 1. The number of halogens is 3. The van der Waals surface area contributed by atoms with Crippen molar-refractivity contribution in [2.75, 3.05) is 83.4 Å². The number of unbranched alkanes of at least 4 members (excludes halogenated alkanes) is 54. The van der Waals surface area contributed by atoms with Crippen LogP contribution in [0.1, 0.15) is 474 Å². The quantitative estimate of drug-likeness (QED) is 0.00272. The van der Waals surface area contributed by atoms with Gasteiger partial charge in [0.15, 0.2) is 12.2 Å². The van der Waals surface area contributed by atoms with E-state index in [1.54, 1.807) is 24.2 Å². The van der Waals surface area contributed by atoms with E-state index in [0.29, 0.717) is 5.02 Å². The molecule has 1 atom stereocenters. The Labute approximate surface area is 880 Å². The van der Waals surface area contributed by atoms with E-state index in [-0.39, 0.29) is 16.0 Å². The number of hydrogen-bond donors (Lipinski definition) is 7. The van der Waals surface area contributed by atoms with Gasteiger partial charge in [0, 0.05) is 68.6 Å². The summed E-state index contributed by atoms with van der Waals surface area (Å²) in [5.74, 6) is 2.08. The van der Waals surface area contributed by atoms with Crippen LogP contribution in [0.15, 0.2) is 136 Å². The first kappa shape index (κ1) is 132. The molecule has 0 amide bonds. The molecule has 0 saturated heterocycles. The number of esters is 1. The number of nitrogens with two attached hydrogens (primary N) is 3. The number of hydrogen-bond acceptors (Lipinski definition) is 19. The lowest BCUT2D eigenvalue weighted by Gasteiger charge is -2.25. The van der Waals surface area contributed by atoms with Crippen molar-refractivity contribution in [3.8, 4) is 6.19 Å². The topological polar surface area (TPSA) is 287 Å². The van der Waals surface area contributed by atoms with E-state index in [0.717, 1.165) is 104 Å². The normalized spacial score (nSPS) is 11.9. The van der Waals surface area contributed by atoms with Crippen LogP contribution in [0.25, 0.3) is 0 Å². The van der Waals surface area contributed by atoms with E-state index < -0.39 is 12.3 Å². The van der Waals surface area contributed by atoms with E-state index in [4.69, 9.17) is 72.0 Å². The zero-order valence-electron chi connectivity index (χ0n) is 90.7. The average Bonchev–Trinajstić information content (AvgIpc) is 1.77. The third kappa shape index (κ3) is 74.2. The number of fused-ring (bicyclic) bond motifs is 2.